The third-order valence-electron chi connectivity index (χ3n) is 5.86. The van der Waals surface area contributed by atoms with Crippen LogP contribution >= 0.6 is 11.8 Å². The summed E-state index contributed by atoms with van der Waals surface area (Å²) in [5.74, 6) is -0.352. The van der Waals surface area contributed by atoms with Gasteiger partial charge in [0.25, 0.3) is 11.1 Å². The van der Waals surface area contributed by atoms with Gasteiger partial charge in [-0.1, -0.05) is 72.8 Å². The highest BCUT2D eigenvalue weighted by molar-refractivity contribution is 8.18. The van der Waals surface area contributed by atoms with Gasteiger partial charge in [0, 0.05) is 0 Å². The van der Waals surface area contributed by atoms with Crippen molar-refractivity contribution >= 4 is 45.7 Å². The van der Waals surface area contributed by atoms with Gasteiger partial charge in [-0.15, -0.1) is 0 Å². The lowest BCUT2D eigenvalue weighted by Crippen LogP contribution is -2.27. The van der Waals surface area contributed by atoms with Gasteiger partial charge >= 0.3 is 5.97 Å². The van der Waals surface area contributed by atoms with E-state index in [0.717, 1.165) is 39.2 Å². The molecular weight excluding hydrogens is 458 g/mol. The van der Waals surface area contributed by atoms with Crippen LogP contribution < -0.4 is 4.74 Å². The predicted molar refractivity (Wildman–Crippen MR) is 138 cm³/mol. The van der Waals surface area contributed by atoms with Crippen molar-refractivity contribution in [2.75, 3.05) is 0 Å². The number of fused-ring (bicyclic) bond motifs is 1. The quantitative estimate of drug-likeness (QED) is 0.183. The first-order valence-corrected chi connectivity index (χ1v) is 11.9. The second-order valence-corrected chi connectivity index (χ2v) is 9.17. The van der Waals surface area contributed by atoms with Crippen LogP contribution in [0.3, 0.4) is 0 Å². The van der Waals surface area contributed by atoms with E-state index in [0.29, 0.717) is 16.2 Å². The second kappa shape index (κ2) is 9.60. The van der Waals surface area contributed by atoms with Crippen molar-refractivity contribution in [1.29, 1.82) is 0 Å². The first kappa shape index (κ1) is 22.6. The highest BCUT2D eigenvalue weighted by Crippen LogP contribution is 2.34. The summed E-state index contributed by atoms with van der Waals surface area (Å²) in [7, 11) is 0. The van der Waals surface area contributed by atoms with Gasteiger partial charge < -0.3 is 4.74 Å². The molecule has 172 valence electrons. The first-order valence-electron chi connectivity index (χ1n) is 11.1. The number of carbonyl (C=O) groups is 3. The van der Waals surface area contributed by atoms with Gasteiger partial charge in [-0.25, -0.2) is 4.79 Å². The predicted octanol–water partition coefficient (Wildman–Crippen LogP) is 6.60. The number of imide groups is 1. The molecule has 35 heavy (non-hydrogen) atoms. The van der Waals surface area contributed by atoms with Crippen molar-refractivity contribution in [3.05, 3.63) is 118 Å². The molecular formula is C29H21NO4S. The van der Waals surface area contributed by atoms with Crippen molar-refractivity contribution in [1.82, 2.24) is 4.90 Å². The summed E-state index contributed by atoms with van der Waals surface area (Å²) >= 11 is 0.928. The molecule has 0 radical (unpaired) electrons. The Bertz CT molecular complexity index is 1490. The summed E-state index contributed by atoms with van der Waals surface area (Å²) in [5.41, 5.74) is 3.20. The summed E-state index contributed by atoms with van der Waals surface area (Å²) < 4.78 is 5.57. The number of carbonyl (C=O) groups excluding carboxylic acids is 3. The van der Waals surface area contributed by atoms with E-state index >= 15 is 0 Å². The van der Waals surface area contributed by atoms with Crippen LogP contribution in [0.4, 0.5) is 4.79 Å². The Morgan fingerprint density at radius 3 is 2.40 bits per heavy atom. The number of esters is 1. The number of nitrogens with zero attached hydrogens (tertiary/aromatic N) is 1. The maximum atomic E-state index is 12.9. The van der Waals surface area contributed by atoms with E-state index in [1.54, 1.807) is 36.4 Å². The molecule has 0 saturated carbocycles. The molecule has 0 aromatic heterocycles. The molecule has 0 N–H and O–H groups in total. The fourth-order valence-electron chi connectivity index (χ4n) is 3.94. The molecule has 0 spiro atoms. The van der Waals surface area contributed by atoms with E-state index < -0.39 is 5.97 Å². The van der Waals surface area contributed by atoms with Gasteiger partial charge in [-0.2, -0.15) is 0 Å². The van der Waals surface area contributed by atoms with Crippen molar-refractivity contribution < 1.29 is 19.1 Å². The van der Waals surface area contributed by atoms with E-state index in [9.17, 15) is 14.4 Å². The van der Waals surface area contributed by atoms with E-state index in [-0.39, 0.29) is 17.7 Å². The van der Waals surface area contributed by atoms with Crippen LogP contribution in [0.25, 0.3) is 16.8 Å². The Morgan fingerprint density at radius 1 is 0.886 bits per heavy atom. The second-order valence-electron chi connectivity index (χ2n) is 8.18. The Hall–Kier alpha value is -4.16. The SMILES string of the molecule is Cc1ccccc1CN1C(=O)S/C(=C\c2ccc(OC(=O)c3cccc4ccccc34)cc2)C1=O. The zero-order chi connectivity index (χ0) is 24.4. The summed E-state index contributed by atoms with van der Waals surface area (Å²) in [6.45, 7) is 2.20. The molecule has 2 amide bonds. The maximum absolute atomic E-state index is 12.9. The number of ether oxygens (including phenoxy) is 1. The van der Waals surface area contributed by atoms with E-state index in [2.05, 4.69) is 0 Å². The Morgan fingerprint density at radius 2 is 1.60 bits per heavy atom. The Balaban J connectivity index is 1.29. The van der Waals surface area contributed by atoms with Crippen molar-refractivity contribution in [3.8, 4) is 5.75 Å². The van der Waals surface area contributed by atoms with Crippen LogP contribution in [0.15, 0.2) is 95.9 Å². The molecule has 1 heterocycles. The third-order valence-corrected chi connectivity index (χ3v) is 6.77. The number of hydrogen-bond acceptors (Lipinski definition) is 5. The van der Waals surface area contributed by atoms with Gasteiger partial charge in [0.2, 0.25) is 0 Å². The molecule has 6 heteroatoms. The van der Waals surface area contributed by atoms with Crippen LogP contribution in [-0.2, 0) is 11.3 Å². The van der Waals surface area contributed by atoms with Crippen LogP contribution in [0, 0.1) is 6.92 Å². The average molecular weight is 480 g/mol. The molecule has 5 nitrogen and oxygen atoms in total. The van der Waals surface area contributed by atoms with Crippen LogP contribution in [0.5, 0.6) is 5.75 Å². The summed E-state index contributed by atoms with van der Waals surface area (Å²) in [6, 6.07) is 27.7. The van der Waals surface area contributed by atoms with Gasteiger partial charge in [-0.3, -0.25) is 14.5 Å². The molecule has 0 atom stereocenters. The van der Waals surface area contributed by atoms with Crippen LogP contribution in [0.2, 0.25) is 0 Å². The highest BCUT2D eigenvalue weighted by Gasteiger charge is 2.35. The maximum Gasteiger partial charge on any atom is 0.344 e. The smallest absolute Gasteiger partial charge is 0.344 e. The number of aryl methyl sites for hydroxylation is 1. The molecule has 0 unspecified atom stereocenters. The zero-order valence-corrected chi connectivity index (χ0v) is 19.7. The third kappa shape index (κ3) is 4.74. The monoisotopic (exact) mass is 479 g/mol. The number of thioether (sulfide) groups is 1. The number of rotatable bonds is 5. The van der Waals surface area contributed by atoms with E-state index in [4.69, 9.17) is 4.74 Å². The normalized spacial score (nSPS) is 14.7. The number of amides is 2. The van der Waals surface area contributed by atoms with Crippen molar-refractivity contribution in [2.24, 2.45) is 0 Å². The average Bonchev–Trinajstić information content (AvgIpc) is 3.13. The topological polar surface area (TPSA) is 63.7 Å². The standard InChI is InChI=1S/C29H21NO4S/c1-19-7-2-3-9-22(19)18-30-27(31)26(35-29(30)33)17-20-13-15-23(16-14-20)34-28(32)25-12-6-10-21-8-4-5-11-24(21)25/h2-17H,18H2,1H3/b26-17-. The lowest BCUT2D eigenvalue weighted by atomic mass is 10.0. The summed E-state index contributed by atoms with van der Waals surface area (Å²) in [5, 5.41) is 1.51. The van der Waals surface area contributed by atoms with Gasteiger partial charge in [0.1, 0.15) is 5.75 Å². The summed E-state index contributed by atoms with van der Waals surface area (Å²) in [6.07, 6.45) is 1.68. The zero-order valence-electron chi connectivity index (χ0n) is 18.9. The van der Waals surface area contributed by atoms with E-state index in [1.807, 2.05) is 67.6 Å². The molecule has 4 aromatic rings. The first-order chi connectivity index (χ1) is 17.0. The summed E-state index contributed by atoms with van der Waals surface area (Å²) in [4.78, 5) is 39.7. The molecule has 0 bridgehead atoms. The van der Waals surface area contributed by atoms with Gasteiger partial charge in [0.15, 0.2) is 0 Å². The van der Waals surface area contributed by atoms with E-state index in [1.165, 1.54) is 4.90 Å². The number of hydrogen-bond donors (Lipinski definition) is 0. The fourth-order valence-corrected chi connectivity index (χ4v) is 4.78. The lowest BCUT2D eigenvalue weighted by molar-refractivity contribution is -0.123. The van der Waals surface area contributed by atoms with Gasteiger partial charge in [-0.05, 0) is 70.4 Å². The van der Waals surface area contributed by atoms with Crippen LogP contribution in [0.1, 0.15) is 27.0 Å². The van der Waals surface area contributed by atoms with Crippen molar-refractivity contribution in [3.63, 3.8) is 0 Å². The molecule has 5 rings (SSSR count). The molecule has 1 saturated heterocycles. The Kier molecular flexibility index (Phi) is 6.21. The molecule has 1 fully saturated rings. The highest BCUT2D eigenvalue weighted by atomic mass is 32.2. The van der Waals surface area contributed by atoms with Crippen LogP contribution in [-0.4, -0.2) is 22.0 Å². The molecule has 0 aliphatic carbocycles. The van der Waals surface area contributed by atoms with Crippen molar-refractivity contribution in [2.45, 2.75) is 13.5 Å². The minimum absolute atomic E-state index is 0.248. The fraction of sp³-hybridized carbons (Fsp3) is 0.0690. The minimum atomic E-state index is -0.438. The lowest BCUT2D eigenvalue weighted by Gasteiger charge is -2.14. The number of benzene rings is 4. The molecule has 4 aromatic carbocycles. The largest absolute Gasteiger partial charge is 0.423 e. The molecule has 1 aliphatic rings. The Labute approximate surface area is 207 Å². The minimum Gasteiger partial charge on any atom is -0.423 e. The molecule has 1 aliphatic heterocycles. The van der Waals surface area contributed by atoms with Gasteiger partial charge in [0.05, 0.1) is 17.0 Å².